The van der Waals surface area contributed by atoms with E-state index < -0.39 is 0 Å². The molecule has 0 spiro atoms. The number of hydrogen-bond donors (Lipinski definition) is 0. The summed E-state index contributed by atoms with van der Waals surface area (Å²) in [5.41, 5.74) is 0. The van der Waals surface area contributed by atoms with Gasteiger partial charge in [-0.3, -0.25) is 0 Å². The zero-order valence-corrected chi connectivity index (χ0v) is 10.8. The smallest absolute Gasteiger partial charge is 0.0579 e. The fourth-order valence-electron chi connectivity index (χ4n) is 1.97. The fraction of sp³-hybridized carbons (Fsp3) is 0. The Kier molecular flexibility index (Phi) is 2.67. The molecule has 0 saturated heterocycles. The van der Waals surface area contributed by atoms with Crippen molar-refractivity contribution in [2.45, 2.75) is 0 Å². The van der Waals surface area contributed by atoms with E-state index in [9.17, 15) is 0 Å². The highest BCUT2D eigenvalue weighted by molar-refractivity contribution is 6.40. The molecule has 3 aromatic carbocycles. The Balaban J connectivity index is 2.60. The lowest BCUT2D eigenvalue weighted by Gasteiger charge is -2.06. The third kappa shape index (κ3) is 1.77. The maximum Gasteiger partial charge on any atom is 0.0579 e. The van der Waals surface area contributed by atoms with Crippen LogP contribution in [0.5, 0.6) is 0 Å². The van der Waals surface area contributed by atoms with Crippen molar-refractivity contribution in [1.29, 1.82) is 0 Å². The average molecular weight is 280 g/mol. The quantitative estimate of drug-likeness (QED) is 0.473. The molecule has 3 heteroatoms. The predicted octanol–water partition coefficient (Wildman–Crippen LogP) is 5.55. The van der Waals surface area contributed by atoms with E-state index in [2.05, 4.69) is 12.1 Å². The van der Waals surface area contributed by atoms with Gasteiger partial charge in [0, 0.05) is 22.9 Å². The molecule has 0 nitrogen and oxygen atoms in total. The summed E-state index contributed by atoms with van der Waals surface area (Å²) in [4.78, 5) is 0. The van der Waals surface area contributed by atoms with Gasteiger partial charge >= 0.3 is 0 Å². The third-order valence-corrected chi connectivity index (χ3v) is 3.53. The average Bonchev–Trinajstić information content (AvgIpc) is 2.29. The normalized spacial score (nSPS) is 11.2. The van der Waals surface area contributed by atoms with Crippen LogP contribution in [0.4, 0.5) is 0 Å². The zero-order chi connectivity index (χ0) is 12.0. The van der Waals surface area contributed by atoms with Crippen molar-refractivity contribution in [3.05, 3.63) is 57.5 Å². The van der Waals surface area contributed by atoms with Gasteiger partial charge in [0.2, 0.25) is 0 Å². The van der Waals surface area contributed by atoms with Crippen LogP contribution in [-0.4, -0.2) is 0 Å². The molecule has 0 heterocycles. The van der Waals surface area contributed by atoms with Crippen molar-refractivity contribution < 1.29 is 0 Å². The summed E-state index contributed by atoms with van der Waals surface area (Å²) in [5, 5.41) is 5.49. The Labute approximate surface area is 114 Å². The molecular formula is C14H5Cl3. The van der Waals surface area contributed by atoms with Crippen LogP contribution in [-0.2, 0) is 0 Å². The van der Waals surface area contributed by atoms with Crippen molar-refractivity contribution >= 4 is 56.3 Å². The van der Waals surface area contributed by atoms with E-state index >= 15 is 0 Å². The van der Waals surface area contributed by atoms with Gasteiger partial charge in [-0.1, -0.05) is 59.1 Å². The van der Waals surface area contributed by atoms with Crippen molar-refractivity contribution in [2.24, 2.45) is 0 Å². The van der Waals surface area contributed by atoms with E-state index in [1.54, 1.807) is 6.07 Å². The van der Waals surface area contributed by atoms with Gasteiger partial charge in [-0.25, -0.2) is 0 Å². The monoisotopic (exact) mass is 278 g/mol. The van der Waals surface area contributed by atoms with Crippen LogP contribution in [0.25, 0.3) is 21.5 Å². The zero-order valence-electron chi connectivity index (χ0n) is 8.52. The highest BCUT2D eigenvalue weighted by Crippen LogP contribution is 2.34. The highest BCUT2D eigenvalue weighted by Gasteiger charge is 2.07. The first-order chi connectivity index (χ1) is 8.16. The lowest BCUT2D eigenvalue weighted by Crippen LogP contribution is -1.81. The third-order valence-electron chi connectivity index (χ3n) is 2.72. The van der Waals surface area contributed by atoms with Gasteiger partial charge in [0.1, 0.15) is 0 Å². The largest absolute Gasteiger partial charge is 0.0836 e. The predicted molar refractivity (Wildman–Crippen MR) is 74.2 cm³/mol. The van der Waals surface area contributed by atoms with Gasteiger partial charge in [-0.05, 0) is 16.8 Å². The Morgan fingerprint density at radius 2 is 1.47 bits per heavy atom. The maximum atomic E-state index is 6.12. The van der Waals surface area contributed by atoms with Crippen LogP contribution in [0.3, 0.4) is 0 Å². The molecule has 2 radical (unpaired) electrons. The van der Waals surface area contributed by atoms with Gasteiger partial charge in [-0.15, -0.1) is 0 Å². The molecule has 0 saturated carbocycles. The van der Waals surface area contributed by atoms with Crippen molar-refractivity contribution in [3.8, 4) is 0 Å². The molecule has 0 unspecified atom stereocenters. The van der Waals surface area contributed by atoms with Gasteiger partial charge < -0.3 is 0 Å². The van der Waals surface area contributed by atoms with Crippen LogP contribution in [0.2, 0.25) is 15.1 Å². The number of fused-ring (bicyclic) bond motifs is 3. The number of rotatable bonds is 0. The van der Waals surface area contributed by atoms with Gasteiger partial charge in [0.25, 0.3) is 0 Å². The Morgan fingerprint density at radius 3 is 2.24 bits per heavy atom. The Bertz CT molecular complexity index is 732. The fourth-order valence-corrected chi connectivity index (χ4v) is 2.71. The second kappa shape index (κ2) is 4.06. The van der Waals surface area contributed by atoms with Crippen LogP contribution in [0.1, 0.15) is 0 Å². The molecule has 17 heavy (non-hydrogen) atoms. The number of benzene rings is 3. The molecule has 0 amide bonds. The van der Waals surface area contributed by atoms with Gasteiger partial charge in [0.05, 0.1) is 15.1 Å². The highest BCUT2D eigenvalue weighted by atomic mass is 35.5. The molecule has 3 aromatic rings. The summed E-state index contributed by atoms with van der Waals surface area (Å²) in [6, 6.07) is 15.3. The van der Waals surface area contributed by atoms with Gasteiger partial charge in [0.15, 0.2) is 0 Å². The van der Waals surface area contributed by atoms with Crippen LogP contribution < -0.4 is 0 Å². The van der Waals surface area contributed by atoms with Crippen LogP contribution >= 0.6 is 34.8 Å². The minimum Gasteiger partial charge on any atom is -0.0836 e. The number of halogens is 3. The lowest BCUT2D eigenvalue weighted by molar-refractivity contribution is 1.74. The van der Waals surface area contributed by atoms with E-state index in [4.69, 9.17) is 34.8 Å². The molecule has 3 rings (SSSR count). The van der Waals surface area contributed by atoms with E-state index in [1.165, 1.54) is 0 Å². The first kappa shape index (κ1) is 11.2. The number of hydrogen-bond acceptors (Lipinski definition) is 0. The molecule has 0 bridgehead atoms. The summed E-state index contributed by atoms with van der Waals surface area (Å²) < 4.78 is 0. The molecule has 0 aliphatic carbocycles. The topological polar surface area (TPSA) is 0 Å². The summed E-state index contributed by atoms with van der Waals surface area (Å²) >= 11 is 18.2. The summed E-state index contributed by atoms with van der Waals surface area (Å²) in [5.74, 6) is 0. The second-order valence-electron chi connectivity index (χ2n) is 3.71. The van der Waals surface area contributed by atoms with E-state index in [-0.39, 0.29) is 0 Å². The summed E-state index contributed by atoms with van der Waals surface area (Å²) in [6.45, 7) is 0. The Morgan fingerprint density at radius 1 is 0.765 bits per heavy atom. The second-order valence-corrected chi connectivity index (χ2v) is 4.87. The van der Waals surface area contributed by atoms with Crippen molar-refractivity contribution in [3.63, 3.8) is 0 Å². The Hall–Kier alpha value is -0.950. The molecule has 0 atom stereocenters. The summed E-state index contributed by atoms with van der Waals surface area (Å²) in [7, 11) is 0. The first-order valence-electron chi connectivity index (χ1n) is 4.97. The molecule has 0 aliphatic rings. The van der Waals surface area contributed by atoms with Crippen molar-refractivity contribution in [1.82, 2.24) is 0 Å². The van der Waals surface area contributed by atoms with Gasteiger partial charge in [-0.2, -0.15) is 0 Å². The standard InChI is InChI=1S/C14H5Cl3/c15-8-6-12-9-2-1-3-13(16)10(9)4-5-11(12)14(17)7-8/h1-2,4-6H. The van der Waals surface area contributed by atoms with E-state index in [0.29, 0.717) is 15.1 Å². The lowest BCUT2D eigenvalue weighted by atomic mass is 10.0. The van der Waals surface area contributed by atoms with E-state index in [0.717, 1.165) is 21.5 Å². The van der Waals surface area contributed by atoms with E-state index in [1.807, 2.05) is 24.3 Å². The SMILES string of the molecule is Clc1[c]c(Cl)c2ccc3c(Cl)[c]ccc3c2c1. The molecule has 0 aromatic heterocycles. The molecule has 82 valence electrons. The molecule has 0 N–H and O–H groups in total. The first-order valence-corrected chi connectivity index (χ1v) is 6.10. The molecule has 0 aliphatic heterocycles. The minimum absolute atomic E-state index is 0.499. The minimum atomic E-state index is 0.499. The molecule has 0 fully saturated rings. The molecular weight excluding hydrogens is 275 g/mol. The van der Waals surface area contributed by atoms with Crippen LogP contribution in [0, 0.1) is 12.1 Å². The van der Waals surface area contributed by atoms with Crippen LogP contribution in [0.15, 0.2) is 30.3 Å². The summed E-state index contributed by atoms with van der Waals surface area (Å²) in [6.07, 6.45) is 0. The van der Waals surface area contributed by atoms with Crippen molar-refractivity contribution in [2.75, 3.05) is 0 Å². The maximum absolute atomic E-state index is 6.12.